The molecule has 0 unspecified atom stereocenters. The molecule has 4 aromatic rings. The molecule has 0 spiro atoms. The second kappa shape index (κ2) is 8.11. The van der Waals surface area contributed by atoms with Gasteiger partial charge in [-0.1, -0.05) is 18.2 Å². The number of aryl methyl sites for hydroxylation is 1. The fourth-order valence-corrected chi connectivity index (χ4v) is 3.22. The Morgan fingerprint density at radius 2 is 1.84 bits per heavy atom. The highest BCUT2D eigenvalue weighted by atomic mass is 19.4. The molecule has 0 aliphatic carbocycles. The number of aliphatic carboxylic acids is 1. The van der Waals surface area contributed by atoms with Crippen LogP contribution in [0.2, 0.25) is 0 Å². The molecule has 162 valence electrons. The molecule has 0 aliphatic rings. The highest BCUT2D eigenvalue weighted by Crippen LogP contribution is 2.37. The molecule has 11 heteroatoms. The zero-order valence-corrected chi connectivity index (χ0v) is 16.2. The van der Waals surface area contributed by atoms with E-state index >= 15 is 0 Å². The van der Waals surface area contributed by atoms with Crippen molar-refractivity contribution in [2.24, 2.45) is 7.05 Å². The highest BCUT2D eigenvalue weighted by Gasteiger charge is 2.38. The quantitative estimate of drug-likeness (QED) is 0.381. The van der Waals surface area contributed by atoms with E-state index in [1.807, 2.05) is 54.2 Å². The van der Waals surface area contributed by atoms with E-state index in [0.29, 0.717) is 11.3 Å². The zero-order valence-electron chi connectivity index (χ0n) is 16.2. The van der Waals surface area contributed by atoms with E-state index in [1.165, 1.54) is 0 Å². The van der Waals surface area contributed by atoms with Gasteiger partial charge in [-0.2, -0.15) is 18.2 Å². The lowest BCUT2D eigenvalue weighted by Gasteiger charge is -2.12. The van der Waals surface area contributed by atoms with Gasteiger partial charge in [-0.3, -0.25) is 0 Å². The van der Waals surface area contributed by atoms with Crippen LogP contribution in [0.4, 0.5) is 24.9 Å². The monoisotopic (exact) mass is 433 g/mol. The number of carbonyl (C=O) groups is 1. The van der Waals surface area contributed by atoms with Crippen LogP contribution in [0.15, 0.2) is 42.6 Å². The van der Waals surface area contributed by atoms with Gasteiger partial charge in [-0.25, -0.2) is 9.78 Å². The van der Waals surface area contributed by atoms with Gasteiger partial charge in [0.05, 0.1) is 23.0 Å². The lowest BCUT2D eigenvalue weighted by molar-refractivity contribution is -0.192. The van der Waals surface area contributed by atoms with Gasteiger partial charge in [0.1, 0.15) is 5.82 Å². The van der Waals surface area contributed by atoms with Crippen molar-refractivity contribution in [2.45, 2.75) is 12.8 Å². The number of aliphatic hydroxyl groups excluding tert-OH is 1. The number of nitrogens with two attached hydrogens (primary N) is 2. The SMILES string of the molecule is Cn1ccc2c3c(N)nc(N)nc3cc(-c3cccc(CO)c3)c21.O=C(O)C(F)(F)F. The van der Waals surface area contributed by atoms with Crippen molar-refractivity contribution >= 4 is 39.5 Å². The van der Waals surface area contributed by atoms with Crippen LogP contribution in [0, 0.1) is 0 Å². The first-order valence-corrected chi connectivity index (χ1v) is 8.84. The minimum absolute atomic E-state index is 0.000231. The number of aromatic nitrogens is 3. The number of carboxylic acids is 1. The number of rotatable bonds is 2. The number of halogens is 3. The molecule has 0 saturated carbocycles. The minimum atomic E-state index is -5.08. The van der Waals surface area contributed by atoms with Crippen LogP contribution in [0.25, 0.3) is 32.9 Å². The summed E-state index contributed by atoms with van der Waals surface area (Å²) in [6.45, 7) is -0.000231. The average molecular weight is 433 g/mol. The lowest BCUT2D eigenvalue weighted by atomic mass is 9.98. The van der Waals surface area contributed by atoms with Crippen molar-refractivity contribution in [2.75, 3.05) is 11.5 Å². The first-order chi connectivity index (χ1) is 14.5. The first-order valence-electron chi connectivity index (χ1n) is 8.84. The number of anilines is 2. The number of nitrogens with zero attached hydrogens (tertiary/aromatic N) is 3. The Morgan fingerprint density at radius 3 is 2.45 bits per heavy atom. The van der Waals surface area contributed by atoms with E-state index in [0.717, 1.165) is 33.0 Å². The van der Waals surface area contributed by atoms with Gasteiger partial charge >= 0.3 is 12.1 Å². The van der Waals surface area contributed by atoms with Gasteiger partial charge in [0.2, 0.25) is 5.95 Å². The molecule has 0 amide bonds. The van der Waals surface area contributed by atoms with Crippen molar-refractivity contribution in [3.05, 3.63) is 48.2 Å². The number of alkyl halides is 3. The van der Waals surface area contributed by atoms with E-state index < -0.39 is 12.1 Å². The summed E-state index contributed by atoms with van der Waals surface area (Å²) in [7, 11) is 1.99. The topological polar surface area (TPSA) is 140 Å². The van der Waals surface area contributed by atoms with Crippen molar-refractivity contribution < 1.29 is 28.2 Å². The molecule has 31 heavy (non-hydrogen) atoms. The van der Waals surface area contributed by atoms with E-state index in [1.54, 1.807) is 0 Å². The second-order valence-corrected chi connectivity index (χ2v) is 6.64. The summed E-state index contributed by atoms with van der Waals surface area (Å²) in [5.41, 5.74) is 16.5. The number of nitrogen functional groups attached to an aromatic ring is 2. The van der Waals surface area contributed by atoms with Gasteiger partial charge in [0.25, 0.3) is 0 Å². The summed E-state index contributed by atoms with van der Waals surface area (Å²) < 4.78 is 33.8. The fraction of sp³-hybridized carbons (Fsp3) is 0.150. The van der Waals surface area contributed by atoms with Gasteiger partial charge in [0, 0.05) is 24.2 Å². The van der Waals surface area contributed by atoms with Crippen molar-refractivity contribution in [1.82, 2.24) is 14.5 Å². The van der Waals surface area contributed by atoms with Crippen LogP contribution in [-0.4, -0.2) is 36.9 Å². The Kier molecular flexibility index (Phi) is 5.71. The van der Waals surface area contributed by atoms with Crippen LogP contribution in [0.1, 0.15) is 5.56 Å². The number of carboxylic acid groups (broad SMARTS) is 1. The zero-order chi connectivity index (χ0) is 22.9. The summed E-state index contributed by atoms with van der Waals surface area (Å²) >= 11 is 0. The smallest absolute Gasteiger partial charge is 0.475 e. The molecular weight excluding hydrogens is 415 g/mol. The molecule has 2 aromatic carbocycles. The average Bonchev–Trinajstić information content (AvgIpc) is 3.08. The molecule has 0 saturated heterocycles. The second-order valence-electron chi connectivity index (χ2n) is 6.64. The van der Waals surface area contributed by atoms with Crippen LogP contribution in [0.5, 0.6) is 0 Å². The third-order valence-corrected chi connectivity index (χ3v) is 4.52. The molecule has 0 aliphatic heterocycles. The Morgan fingerprint density at radius 1 is 1.16 bits per heavy atom. The van der Waals surface area contributed by atoms with Crippen molar-refractivity contribution in [3.8, 4) is 11.1 Å². The largest absolute Gasteiger partial charge is 0.490 e. The Hall–Kier alpha value is -3.86. The summed E-state index contributed by atoms with van der Waals surface area (Å²) in [6, 6.07) is 11.8. The molecular formula is C20H18F3N5O3. The molecule has 0 atom stereocenters. The van der Waals surface area contributed by atoms with E-state index in [-0.39, 0.29) is 12.6 Å². The normalized spacial score (nSPS) is 11.4. The molecule has 8 nitrogen and oxygen atoms in total. The van der Waals surface area contributed by atoms with Gasteiger partial charge in [-0.05, 0) is 29.3 Å². The number of hydrogen-bond donors (Lipinski definition) is 4. The summed E-state index contributed by atoms with van der Waals surface area (Å²) in [4.78, 5) is 17.3. The predicted octanol–water partition coefficient (Wildman–Crippen LogP) is 3.08. The maximum absolute atomic E-state index is 10.6. The molecule has 4 rings (SSSR count). The Bertz CT molecular complexity index is 1280. The number of hydrogen-bond acceptors (Lipinski definition) is 6. The highest BCUT2D eigenvalue weighted by molar-refractivity contribution is 6.15. The third-order valence-electron chi connectivity index (χ3n) is 4.52. The first kappa shape index (κ1) is 21.8. The van der Waals surface area contributed by atoms with Gasteiger partial charge in [0.15, 0.2) is 0 Å². The lowest BCUT2D eigenvalue weighted by Crippen LogP contribution is -2.21. The summed E-state index contributed by atoms with van der Waals surface area (Å²) in [5.74, 6) is -2.22. The predicted molar refractivity (Wildman–Crippen MR) is 110 cm³/mol. The molecule has 2 heterocycles. The number of fused-ring (bicyclic) bond motifs is 3. The minimum Gasteiger partial charge on any atom is -0.475 e. The van der Waals surface area contributed by atoms with Crippen LogP contribution < -0.4 is 11.5 Å². The molecule has 0 bridgehead atoms. The Balaban J connectivity index is 0.000000339. The Labute approximate surface area is 173 Å². The van der Waals surface area contributed by atoms with Crippen LogP contribution in [-0.2, 0) is 18.4 Å². The van der Waals surface area contributed by atoms with Crippen molar-refractivity contribution in [1.29, 1.82) is 0 Å². The fourth-order valence-electron chi connectivity index (χ4n) is 3.22. The van der Waals surface area contributed by atoms with E-state index in [9.17, 15) is 18.3 Å². The number of aliphatic hydroxyl groups is 1. The molecule has 0 radical (unpaired) electrons. The van der Waals surface area contributed by atoms with Gasteiger partial charge < -0.3 is 26.2 Å². The van der Waals surface area contributed by atoms with Crippen molar-refractivity contribution in [3.63, 3.8) is 0 Å². The third kappa shape index (κ3) is 4.36. The van der Waals surface area contributed by atoms with Gasteiger partial charge in [-0.15, -0.1) is 0 Å². The molecule has 2 aromatic heterocycles. The molecule has 6 N–H and O–H groups in total. The van der Waals surface area contributed by atoms with Crippen LogP contribution in [0.3, 0.4) is 0 Å². The molecule has 0 fully saturated rings. The maximum Gasteiger partial charge on any atom is 0.490 e. The number of benzene rings is 2. The maximum atomic E-state index is 10.6. The van der Waals surface area contributed by atoms with Crippen LogP contribution >= 0.6 is 0 Å². The van der Waals surface area contributed by atoms with E-state index in [2.05, 4.69) is 9.97 Å². The van der Waals surface area contributed by atoms with E-state index in [4.69, 9.17) is 21.4 Å². The summed E-state index contributed by atoms with van der Waals surface area (Å²) in [5, 5.41) is 18.3. The summed E-state index contributed by atoms with van der Waals surface area (Å²) in [6.07, 6.45) is -3.10. The standard InChI is InChI=1S/C18H17N5O.C2HF3O2/c1-23-6-5-12-15-14(21-18(20)22-17(15)19)8-13(16(12)23)11-4-2-3-10(7-11)9-24;3-2(4,5)1(6)7/h2-8,24H,9H2,1H3,(H4,19,20,21,22);(H,6,7).